The standard InChI is InChI=1S/C6H10NS/c1-5-6(2)8-4-7(5)3/h3-4H2,1-2H3. The molecule has 0 aromatic carbocycles. The normalized spacial score (nSPS) is 20.6. The fourth-order valence-electron chi connectivity index (χ4n) is 0.599. The molecule has 0 saturated carbocycles. The molecule has 0 spiro atoms. The van der Waals surface area contributed by atoms with Gasteiger partial charge in [-0.2, -0.15) is 0 Å². The van der Waals surface area contributed by atoms with Gasteiger partial charge in [0.05, 0.1) is 5.88 Å². The van der Waals surface area contributed by atoms with Crippen LogP contribution >= 0.6 is 11.8 Å². The van der Waals surface area contributed by atoms with Gasteiger partial charge in [0.1, 0.15) is 0 Å². The SMILES string of the molecule is [CH2]N1CSC(C)=C1C. The Morgan fingerprint density at radius 2 is 2.25 bits per heavy atom. The lowest BCUT2D eigenvalue weighted by atomic mass is 10.4. The van der Waals surface area contributed by atoms with Crippen molar-refractivity contribution in [1.29, 1.82) is 0 Å². The summed E-state index contributed by atoms with van der Waals surface area (Å²) in [7, 11) is 3.82. The minimum Gasteiger partial charge on any atom is -0.363 e. The molecule has 1 aliphatic rings. The van der Waals surface area contributed by atoms with E-state index in [0.717, 1.165) is 5.88 Å². The average Bonchev–Trinajstić information content (AvgIpc) is 1.98. The van der Waals surface area contributed by atoms with Crippen molar-refractivity contribution in [2.75, 3.05) is 5.88 Å². The first-order valence-corrected chi connectivity index (χ1v) is 3.58. The summed E-state index contributed by atoms with van der Waals surface area (Å²) in [5, 5.41) is 0. The van der Waals surface area contributed by atoms with E-state index in [1.807, 2.05) is 16.7 Å². The fourth-order valence-corrected chi connectivity index (χ4v) is 1.48. The first-order valence-electron chi connectivity index (χ1n) is 2.60. The first-order chi connectivity index (χ1) is 3.72. The maximum Gasteiger partial charge on any atom is 0.0681 e. The van der Waals surface area contributed by atoms with Gasteiger partial charge in [-0.3, -0.25) is 0 Å². The summed E-state index contributed by atoms with van der Waals surface area (Å²) in [6, 6.07) is 0. The van der Waals surface area contributed by atoms with Gasteiger partial charge in [0.25, 0.3) is 0 Å². The first kappa shape index (κ1) is 6.02. The number of hydrogen-bond acceptors (Lipinski definition) is 2. The van der Waals surface area contributed by atoms with Crippen LogP contribution in [0.5, 0.6) is 0 Å². The summed E-state index contributed by atoms with van der Waals surface area (Å²) >= 11 is 1.86. The van der Waals surface area contributed by atoms with Crippen molar-refractivity contribution >= 4 is 11.8 Å². The topological polar surface area (TPSA) is 3.24 Å². The molecule has 1 aliphatic heterocycles. The molecule has 2 heteroatoms. The smallest absolute Gasteiger partial charge is 0.0681 e. The highest BCUT2D eigenvalue weighted by molar-refractivity contribution is 8.03. The van der Waals surface area contributed by atoms with Crippen molar-refractivity contribution in [3.05, 3.63) is 17.6 Å². The molecule has 8 heavy (non-hydrogen) atoms. The third-order valence-electron chi connectivity index (χ3n) is 1.42. The van der Waals surface area contributed by atoms with Gasteiger partial charge in [0.2, 0.25) is 0 Å². The van der Waals surface area contributed by atoms with Gasteiger partial charge in [0, 0.05) is 17.6 Å². The van der Waals surface area contributed by atoms with E-state index in [2.05, 4.69) is 20.9 Å². The highest BCUT2D eigenvalue weighted by Gasteiger charge is 2.10. The lowest BCUT2D eigenvalue weighted by Gasteiger charge is -2.08. The van der Waals surface area contributed by atoms with Gasteiger partial charge in [-0.25, -0.2) is 0 Å². The molecule has 0 aromatic rings. The molecule has 0 fully saturated rings. The van der Waals surface area contributed by atoms with E-state index in [0.29, 0.717) is 0 Å². The van der Waals surface area contributed by atoms with E-state index >= 15 is 0 Å². The van der Waals surface area contributed by atoms with Crippen molar-refractivity contribution in [2.45, 2.75) is 13.8 Å². The number of thioether (sulfide) groups is 1. The molecule has 1 radical (unpaired) electrons. The van der Waals surface area contributed by atoms with Crippen LogP contribution in [0.15, 0.2) is 10.6 Å². The molecule has 0 atom stereocenters. The Hall–Kier alpha value is -0.110. The van der Waals surface area contributed by atoms with Gasteiger partial charge < -0.3 is 4.90 Å². The molecule has 0 saturated heterocycles. The molecule has 1 rings (SSSR count). The molecular weight excluding hydrogens is 118 g/mol. The number of rotatable bonds is 0. The molecule has 1 nitrogen and oxygen atoms in total. The van der Waals surface area contributed by atoms with Crippen molar-refractivity contribution in [1.82, 2.24) is 4.90 Å². The van der Waals surface area contributed by atoms with Crippen LogP contribution in [0.1, 0.15) is 13.8 Å². The Labute approximate surface area is 54.8 Å². The number of nitrogens with zero attached hydrogens (tertiary/aromatic N) is 1. The quantitative estimate of drug-likeness (QED) is 0.491. The maximum atomic E-state index is 3.82. The van der Waals surface area contributed by atoms with Gasteiger partial charge in [-0.05, 0) is 13.8 Å². The highest BCUT2D eigenvalue weighted by Crippen LogP contribution is 2.29. The van der Waals surface area contributed by atoms with Crippen LogP contribution in [0.3, 0.4) is 0 Å². The summed E-state index contributed by atoms with van der Waals surface area (Å²) in [6.07, 6.45) is 0. The van der Waals surface area contributed by atoms with Crippen molar-refractivity contribution < 1.29 is 0 Å². The molecule has 0 unspecified atom stereocenters. The number of allylic oxidation sites excluding steroid dienone is 2. The zero-order valence-corrected chi connectivity index (χ0v) is 6.09. The Morgan fingerprint density at radius 1 is 1.62 bits per heavy atom. The third kappa shape index (κ3) is 0.848. The zero-order valence-electron chi connectivity index (χ0n) is 5.27. The maximum absolute atomic E-state index is 3.82. The van der Waals surface area contributed by atoms with Crippen LogP contribution in [0.4, 0.5) is 0 Å². The van der Waals surface area contributed by atoms with Crippen molar-refractivity contribution in [3.63, 3.8) is 0 Å². The molecule has 0 aromatic heterocycles. The van der Waals surface area contributed by atoms with E-state index in [1.165, 1.54) is 10.6 Å². The molecule has 0 bridgehead atoms. The highest BCUT2D eigenvalue weighted by atomic mass is 32.2. The zero-order chi connectivity index (χ0) is 6.15. The Kier molecular flexibility index (Phi) is 1.52. The summed E-state index contributed by atoms with van der Waals surface area (Å²) in [5.74, 6) is 1.03. The van der Waals surface area contributed by atoms with E-state index in [4.69, 9.17) is 0 Å². The van der Waals surface area contributed by atoms with Gasteiger partial charge >= 0.3 is 0 Å². The minimum absolute atomic E-state index is 1.03. The van der Waals surface area contributed by atoms with Crippen molar-refractivity contribution in [3.8, 4) is 0 Å². The lowest BCUT2D eigenvalue weighted by molar-refractivity contribution is 0.552. The van der Waals surface area contributed by atoms with Crippen LogP contribution in [-0.4, -0.2) is 10.8 Å². The van der Waals surface area contributed by atoms with Crippen LogP contribution in [0.2, 0.25) is 0 Å². The predicted molar refractivity (Wildman–Crippen MR) is 38.0 cm³/mol. The van der Waals surface area contributed by atoms with E-state index < -0.39 is 0 Å². The van der Waals surface area contributed by atoms with E-state index in [-0.39, 0.29) is 0 Å². The largest absolute Gasteiger partial charge is 0.363 e. The average molecular weight is 128 g/mol. The van der Waals surface area contributed by atoms with Crippen LogP contribution in [-0.2, 0) is 0 Å². The van der Waals surface area contributed by atoms with Gasteiger partial charge in [-0.1, -0.05) is 0 Å². The summed E-state index contributed by atoms with van der Waals surface area (Å²) in [4.78, 5) is 3.42. The third-order valence-corrected chi connectivity index (χ3v) is 2.59. The Balaban J connectivity index is 2.71. The molecule has 0 amide bonds. The van der Waals surface area contributed by atoms with Crippen LogP contribution in [0.25, 0.3) is 0 Å². The Morgan fingerprint density at radius 3 is 2.38 bits per heavy atom. The Bertz CT molecular complexity index is 128. The summed E-state index contributed by atoms with van der Waals surface area (Å²) in [5.41, 5.74) is 1.31. The second kappa shape index (κ2) is 2.02. The predicted octanol–water partition coefficient (Wildman–Crippen LogP) is 2.04. The van der Waals surface area contributed by atoms with Gasteiger partial charge in [-0.15, -0.1) is 11.8 Å². The minimum atomic E-state index is 1.03. The monoisotopic (exact) mass is 128 g/mol. The lowest BCUT2D eigenvalue weighted by Crippen LogP contribution is -2.05. The fraction of sp³-hybridized carbons (Fsp3) is 0.500. The van der Waals surface area contributed by atoms with E-state index in [9.17, 15) is 0 Å². The van der Waals surface area contributed by atoms with Crippen LogP contribution in [0, 0.1) is 7.05 Å². The molecular formula is C6H10NS. The molecule has 0 N–H and O–H groups in total. The summed E-state index contributed by atoms with van der Waals surface area (Å²) < 4.78 is 0. The molecule has 1 heterocycles. The van der Waals surface area contributed by atoms with Crippen LogP contribution < -0.4 is 0 Å². The second-order valence-electron chi connectivity index (χ2n) is 1.95. The molecule has 45 valence electrons. The van der Waals surface area contributed by atoms with E-state index in [1.54, 1.807) is 0 Å². The second-order valence-corrected chi connectivity index (χ2v) is 3.11. The molecule has 0 aliphatic carbocycles. The number of hydrogen-bond donors (Lipinski definition) is 0. The summed E-state index contributed by atoms with van der Waals surface area (Å²) in [6.45, 7) is 4.23. The van der Waals surface area contributed by atoms with Gasteiger partial charge in [0.15, 0.2) is 0 Å². The van der Waals surface area contributed by atoms with Crippen molar-refractivity contribution in [2.24, 2.45) is 0 Å².